The maximum Gasteiger partial charge on any atom is 0.271 e. The van der Waals surface area contributed by atoms with E-state index in [0.717, 1.165) is 39.0 Å². The highest BCUT2D eigenvalue weighted by molar-refractivity contribution is 9.11. The van der Waals surface area contributed by atoms with Crippen LogP contribution in [0.25, 0.3) is 0 Å². The zero-order chi connectivity index (χ0) is 15.6. The predicted molar refractivity (Wildman–Crippen MR) is 92.8 cm³/mol. The van der Waals surface area contributed by atoms with Crippen LogP contribution in [-0.2, 0) is 22.9 Å². The first-order valence-electron chi connectivity index (χ1n) is 6.78. The number of aryl methyl sites for hydroxylation is 3. The van der Waals surface area contributed by atoms with Gasteiger partial charge in [-0.1, -0.05) is 32.0 Å². The molecule has 0 saturated carbocycles. The number of hydrogen-bond acceptors (Lipinski definition) is 3. The lowest BCUT2D eigenvalue weighted by atomic mass is 10.0. The Morgan fingerprint density at radius 1 is 1.19 bits per heavy atom. The highest BCUT2D eigenvalue weighted by Gasteiger charge is 2.20. The maximum absolute atomic E-state index is 12.6. The Morgan fingerprint density at radius 2 is 1.76 bits per heavy atom. The lowest BCUT2D eigenvalue weighted by Crippen LogP contribution is -2.14. The summed E-state index contributed by atoms with van der Waals surface area (Å²) >= 11 is 4.61. The van der Waals surface area contributed by atoms with E-state index in [0.29, 0.717) is 4.21 Å². The van der Waals surface area contributed by atoms with E-state index in [4.69, 9.17) is 0 Å². The third-order valence-electron chi connectivity index (χ3n) is 3.33. The molecule has 0 aliphatic carbocycles. The van der Waals surface area contributed by atoms with Gasteiger partial charge in [-0.2, -0.15) is 0 Å². The van der Waals surface area contributed by atoms with Gasteiger partial charge in [-0.05, 0) is 58.5 Å². The fourth-order valence-corrected chi connectivity index (χ4v) is 5.49. The minimum atomic E-state index is -3.54. The van der Waals surface area contributed by atoms with Gasteiger partial charge in [-0.3, -0.25) is 4.72 Å². The second-order valence-electron chi connectivity index (χ2n) is 4.79. The van der Waals surface area contributed by atoms with Crippen molar-refractivity contribution in [2.24, 2.45) is 0 Å². The molecule has 0 radical (unpaired) electrons. The van der Waals surface area contributed by atoms with Gasteiger partial charge < -0.3 is 0 Å². The molecule has 1 aromatic carbocycles. The van der Waals surface area contributed by atoms with E-state index in [1.54, 1.807) is 6.07 Å². The predicted octanol–water partition coefficient (Wildman–Crippen LogP) is 4.74. The van der Waals surface area contributed by atoms with Gasteiger partial charge in [-0.25, -0.2) is 8.42 Å². The Labute approximate surface area is 138 Å². The summed E-state index contributed by atoms with van der Waals surface area (Å²) in [6, 6.07) is 7.60. The number of para-hydroxylation sites is 1. The van der Waals surface area contributed by atoms with Gasteiger partial charge >= 0.3 is 0 Å². The van der Waals surface area contributed by atoms with Crippen LogP contribution in [0.4, 0.5) is 5.69 Å². The van der Waals surface area contributed by atoms with Crippen molar-refractivity contribution in [3.63, 3.8) is 0 Å². The number of halogens is 1. The monoisotopic (exact) mass is 387 g/mol. The summed E-state index contributed by atoms with van der Waals surface area (Å²) in [4.78, 5) is 0. The third kappa shape index (κ3) is 3.49. The zero-order valence-electron chi connectivity index (χ0n) is 12.2. The molecule has 0 unspecified atom stereocenters. The molecule has 1 heterocycles. The molecule has 0 aliphatic rings. The topological polar surface area (TPSA) is 46.2 Å². The second-order valence-corrected chi connectivity index (χ2v) is 9.07. The van der Waals surface area contributed by atoms with E-state index in [1.165, 1.54) is 11.3 Å². The van der Waals surface area contributed by atoms with E-state index < -0.39 is 10.0 Å². The standard InChI is InChI=1S/C15H18BrNO2S2/c1-4-11-7-6-8-12(5-2)14(11)17-21(18,19)13-9-10(3)15(16)20-13/h6-9,17H,4-5H2,1-3H3. The summed E-state index contributed by atoms with van der Waals surface area (Å²) in [6.07, 6.45) is 1.58. The normalized spacial score (nSPS) is 11.6. The number of sulfonamides is 1. The van der Waals surface area contributed by atoms with Gasteiger partial charge in [0.05, 0.1) is 9.47 Å². The molecular formula is C15H18BrNO2S2. The van der Waals surface area contributed by atoms with E-state index in [-0.39, 0.29) is 0 Å². The fourth-order valence-electron chi connectivity index (χ4n) is 2.12. The first-order valence-corrected chi connectivity index (χ1v) is 9.87. The average molecular weight is 388 g/mol. The van der Waals surface area contributed by atoms with Crippen molar-refractivity contribution >= 4 is 43.0 Å². The first kappa shape index (κ1) is 16.5. The number of nitrogens with one attached hydrogen (secondary N) is 1. The highest BCUT2D eigenvalue weighted by Crippen LogP contribution is 2.33. The molecule has 21 heavy (non-hydrogen) atoms. The lowest BCUT2D eigenvalue weighted by Gasteiger charge is -2.14. The molecule has 1 N–H and O–H groups in total. The van der Waals surface area contributed by atoms with Crippen LogP contribution in [0.5, 0.6) is 0 Å². The minimum absolute atomic E-state index is 0.333. The maximum atomic E-state index is 12.6. The fraction of sp³-hybridized carbons (Fsp3) is 0.333. The second kappa shape index (κ2) is 6.50. The van der Waals surface area contributed by atoms with Crippen LogP contribution in [0.15, 0.2) is 32.3 Å². The molecule has 3 nitrogen and oxygen atoms in total. The number of thiophene rings is 1. The lowest BCUT2D eigenvalue weighted by molar-refractivity contribution is 0.603. The molecular weight excluding hydrogens is 370 g/mol. The number of anilines is 1. The molecule has 0 spiro atoms. The van der Waals surface area contributed by atoms with Gasteiger partial charge in [0.1, 0.15) is 4.21 Å². The number of rotatable bonds is 5. The number of benzene rings is 1. The number of hydrogen-bond donors (Lipinski definition) is 1. The molecule has 6 heteroatoms. The average Bonchev–Trinajstić information content (AvgIpc) is 2.79. The van der Waals surface area contributed by atoms with Gasteiger partial charge in [-0.15, -0.1) is 11.3 Å². The van der Waals surface area contributed by atoms with Crippen molar-refractivity contribution in [1.29, 1.82) is 0 Å². The van der Waals surface area contributed by atoms with Gasteiger partial charge in [0.2, 0.25) is 0 Å². The van der Waals surface area contributed by atoms with Crippen LogP contribution < -0.4 is 4.72 Å². The van der Waals surface area contributed by atoms with E-state index in [9.17, 15) is 8.42 Å². The smallest absolute Gasteiger partial charge is 0.271 e. The van der Waals surface area contributed by atoms with Crippen LogP contribution in [0.1, 0.15) is 30.5 Å². The van der Waals surface area contributed by atoms with Gasteiger partial charge in [0, 0.05) is 0 Å². The molecule has 2 rings (SSSR count). The van der Waals surface area contributed by atoms with Crippen molar-refractivity contribution in [3.05, 3.63) is 44.7 Å². The highest BCUT2D eigenvalue weighted by atomic mass is 79.9. The molecule has 0 fully saturated rings. The van der Waals surface area contributed by atoms with Gasteiger partial charge in [0.25, 0.3) is 10.0 Å². The molecule has 1 aromatic heterocycles. The Hall–Kier alpha value is -0.850. The summed E-state index contributed by atoms with van der Waals surface area (Å²) in [7, 11) is -3.54. The Balaban J connectivity index is 2.45. The largest absolute Gasteiger partial charge is 0.278 e. The minimum Gasteiger partial charge on any atom is -0.278 e. The van der Waals surface area contributed by atoms with Crippen molar-refractivity contribution in [2.45, 2.75) is 37.8 Å². The quantitative estimate of drug-likeness (QED) is 0.804. The Kier molecular flexibility index (Phi) is 5.11. The van der Waals surface area contributed by atoms with Crippen molar-refractivity contribution in [1.82, 2.24) is 0 Å². The van der Waals surface area contributed by atoms with Crippen LogP contribution in [0.3, 0.4) is 0 Å². The Bertz CT molecular complexity index is 709. The SMILES string of the molecule is CCc1cccc(CC)c1NS(=O)(=O)c1cc(C)c(Br)s1. The summed E-state index contributed by atoms with van der Waals surface area (Å²) in [5.74, 6) is 0. The molecule has 2 aromatic rings. The molecule has 114 valence electrons. The first-order chi connectivity index (χ1) is 9.89. The van der Waals surface area contributed by atoms with Crippen LogP contribution >= 0.6 is 27.3 Å². The Morgan fingerprint density at radius 3 is 2.19 bits per heavy atom. The molecule has 0 bridgehead atoms. The third-order valence-corrected chi connectivity index (χ3v) is 7.29. The molecule has 0 atom stereocenters. The van der Waals surface area contributed by atoms with Crippen LogP contribution in [0.2, 0.25) is 0 Å². The van der Waals surface area contributed by atoms with Crippen molar-refractivity contribution < 1.29 is 8.42 Å². The summed E-state index contributed by atoms with van der Waals surface area (Å²) in [6.45, 7) is 5.94. The van der Waals surface area contributed by atoms with E-state index in [2.05, 4.69) is 20.7 Å². The van der Waals surface area contributed by atoms with Crippen LogP contribution in [-0.4, -0.2) is 8.42 Å². The molecule has 0 amide bonds. The van der Waals surface area contributed by atoms with E-state index >= 15 is 0 Å². The summed E-state index contributed by atoms with van der Waals surface area (Å²) in [5, 5.41) is 0. The summed E-state index contributed by atoms with van der Waals surface area (Å²) < 4.78 is 29.1. The van der Waals surface area contributed by atoms with Gasteiger partial charge in [0.15, 0.2) is 0 Å². The van der Waals surface area contributed by atoms with Crippen molar-refractivity contribution in [3.8, 4) is 0 Å². The molecule has 0 aliphatic heterocycles. The van der Waals surface area contributed by atoms with E-state index in [1.807, 2.05) is 39.0 Å². The molecule has 0 saturated heterocycles. The van der Waals surface area contributed by atoms with Crippen LogP contribution in [0, 0.1) is 6.92 Å². The zero-order valence-corrected chi connectivity index (χ0v) is 15.5. The summed E-state index contributed by atoms with van der Waals surface area (Å²) in [5.41, 5.74) is 3.69. The van der Waals surface area contributed by atoms with Crippen molar-refractivity contribution in [2.75, 3.05) is 4.72 Å².